The molecule has 1 rings (SSSR count). The topological polar surface area (TPSA) is 96.4 Å². The molecule has 0 radical (unpaired) electrons. The zero-order valence-electron chi connectivity index (χ0n) is 18.7. The van der Waals surface area contributed by atoms with Crippen LogP contribution in [0, 0.1) is 0 Å². The first kappa shape index (κ1) is 25.6. The molecule has 0 bridgehead atoms. The molecule has 1 aliphatic rings. The fourth-order valence-corrected chi connectivity index (χ4v) is 4.10. The first-order valence-electron chi connectivity index (χ1n) is 9.97. The van der Waals surface area contributed by atoms with Gasteiger partial charge in [0.2, 0.25) is 0 Å². The summed E-state index contributed by atoms with van der Waals surface area (Å²) in [6, 6.07) is -0.0825. The number of likely N-dealkylation sites (tertiary alicyclic amines) is 1. The molecule has 168 valence electrons. The van der Waals surface area contributed by atoms with Crippen molar-refractivity contribution in [2.45, 2.75) is 90.2 Å². The van der Waals surface area contributed by atoms with E-state index in [4.69, 9.17) is 9.47 Å². The second-order valence-electron chi connectivity index (χ2n) is 9.28. The van der Waals surface area contributed by atoms with Crippen LogP contribution in [0.5, 0.6) is 0 Å². The molecule has 1 fully saturated rings. The van der Waals surface area contributed by atoms with Crippen molar-refractivity contribution < 1.29 is 29.0 Å². The molecule has 0 aromatic heterocycles. The van der Waals surface area contributed by atoms with Gasteiger partial charge in [0.1, 0.15) is 17.9 Å². The monoisotopic (exact) mass is 432 g/mol. The SMILES string of the molecule is CC(=O)S[C@H]1C[C@H](CCCN(CO)C(=O)OC(C)(C)C)N(C(=O)OC(C)(C)C)C1. The minimum Gasteiger partial charge on any atom is -0.444 e. The van der Waals surface area contributed by atoms with Crippen LogP contribution in [-0.2, 0) is 14.3 Å². The van der Waals surface area contributed by atoms with Crippen molar-refractivity contribution in [1.29, 1.82) is 0 Å². The summed E-state index contributed by atoms with van der Waals surface area (Å²) in [5.74, 6) is 0. The highest BCUT2D eigenvalue weighted by atomic mass is 32.2. The van der Waals surface area contributed by atoms with Gasteiger partial charge < -0.3 is 19.5 Å². The van der Waals surface area contributed by atoms with E-state index in [0.29, 0.717) is 32.4 Å². The van der Waals surface area contributed by atoms with E-state index in [1.807, 2.05) is 20.8 Å². The highest BCUT2D eigenvalue weighted by Gasteiger charge is 2.38. The van der Waals surface area contributed by atoms with E-state index in [1.165, 1.54) is 23.6 Å². The third-order valence-electron chi connectivity index (χ3n) is 4.12. The minimum atomic E-state index is -0.638. The van der Waals surface area contributed by atoms with Crippen molar-refractivity contribution >= 4 is 29.1 Å². The Hall–Kier alpha value is -1.48. The molecule has 0 aromatic rings. The van der Waals surface area contributed by atoms with Crippen LogP contribution >= 0.6 is 11.8 Å². The van der Waals surface area contributed by atoms with Gasteiger partial charge in [-0.15, -0.1) is 0 Å². The number of aliphatic hydroxyl groups excluding tert-OH is 1. The van der Waals surface area contributed by atoms with Crippen LogP contribution in [0.2, 0.25) is 0 Å². The first-order valence-corrected chi connectivity index (χ1v) is 10.9. The Morgan fingerprint density at radius 1 is 1.10 bits per heavy atom. The molecule has 2 amide bonds. The zero-order valence-corrected chi connectivity index (χ0v) is 19.5. The lowest BCUT2D eigenvalue weighted by atomic mass is 10.1. The van der Waals surface area contributed by atoms with Gasteiger partial charge >= 0.3 is 12.2 Å². The lowest BCUT2D eigenvalue weighted by molar-refractivity contribution is -0.109. The third-order valence-corrected chi connectivity index (χ3v) is 5.13. The number of carbonyl (C=O) groups excluding carboxylic acids is 3. The Kier molecular flexibility index (Phi) is 9.27. The number of rotatable bonds is 6. The highest BCUT2D eigenvalue weighted by Crippen LogP contribution is 2.31. The quantitative estimate of drug-likeness (QED) is 0.640. The largest absolute Gasteiger partial charge is 0.444 e. The standard InChI is InChI=1S/C20H36N2O6S/c1-14(24)29-16-11-15(22(12-16)18(26)28-20(5,6)7)9-8-10-21(13-23)17(25)27-19(2,3)4/h15-16,23H,8-13H2,1-7H3/t15-,16-/m0/s1. The number of nitrogens with zero attached hydrogens (tertiary/aromatic N) is 2. The van der Waals surface area contributed by atoms with Crippen molar-refractivity contribution in [2.24, 2.45) is 0 Å². The average Bonchev–Trinajstić information content (AvgIpc) is 2.90. The van der Waals surface area contributed by atoms with Crippen LogP contribution in [-0.4, -0.2) is 74.5 Å². The Morgan fingerprint density at radius 3 is 2.17 bits per heavy atom. The summed E-state index contributed by atoms with van der Waals surface area (Å²) < 4.78 is 10.8. The molecule has 0 spiro atoms. The van der Waals surface area contributed by atoms with Gasteiger partial charge in [-0.1, -0.05) is 11.8 Å². The summed E-state index contributed by atoms with van der Waals surface area (Å²) in [6.45, 7) is 12.6. The lowest BCUT2D eigenvalue weighted by Crippen LogP contribution is -2.41. The van der Waals surface area contributed by atoms with E-state index >= 15 is 0 Å². The first-order chi connectivity index (χ1) is 13.2. The molecule has 0 unspecified atom stereocenters. The van der Waals surface area contributed by atoms with Crippen LogP contribution in [0.3, 0.4) is 0 Å². The number of ether oxygens (including phenoxy) is 2. The summed E-state index contributed by atoms with van der Waals surface area (Å²) in [4.78, 5) is 39.1. The van der Waals surface area contributed by atoms with Gasteiger partial charge in [0.05, 0.1) is 0 Å². The molecular formula is C20H36N2O6S. The predicted octanol–water partition coefficient (Wildman–Crippen LogP) is 3.61. The number of hydrogen-bond donors (Lipinski definition) is 1. The van der Waals surface area contributed by atoms with Crippen molar-refractivity contribution in [2.75, 3.05) is 19.8 Å². The number of hydrogen-bond acceptors (Lipinski definition) is 7. The molecule has 0 aromatic carbocycles. The third kappa shape index (κ3) is 9.71. The second kappa shape index (κ2) is 10.5. The second-order valence-corrected chi connectivity index (χ2v) is 10.8. The average molecular weight is 433 g/mol. The zero-order chi connectivity index (χ0) is 22.4. The van der Waals surface area contributed by atoms with Crippen LogP contribution in [0.15, 0.2) is 0 Å². The summed E-state index contributed by atoms with van der Waals surface area (Å²) in [6.07, 6.45) is 0.949. The number of carbonyl (C=O) groups is 3. The van der Waals surface area contributed by atoms with E-state index in [9.17, 15) is 19.5 Å². The van der Waals surface area contributed by atoms with Crippen molar-refractivity contribution in [3.8, 4) is 0 Å². The maximum atomic E-state index is 12.6. The van der Waals surface area contributed by atoms with E-state index < -0.39 is 24.0 Å². The van der Waals surface area contributed by atoms with Crippen LogP contribution < -0.4 is 0 Å². The maximum absolute atomic E-state index is 12.6. The van der Waals surface area contributed by atoms with E-state index in [2.05, 4.69) is 0 Å². The van der Waals surface area contributed by atoms with Crippen LogP contribution in [0.1, 0.15) is 67.7 Å². The highest BCUT2D eigenvalue weighted by molar-refractivity contribution is 8.14. The van der Waals surface area contributed by atoms with Gasteiger partial charge in [-0.2, -0.15) is 0 Å². The lowest BCUT2D eigenvalue weighted by Gasteiger charge is -2.29. The maximum Gasteiger partial charge on any atom is 0.412 e. The Morgan fingerprint density at radius 2 is 1.69 bits per heavy atom. The van der Waals surface area contributed by atoms with Crippen LogP contribution in [0.4, 0.5) is 9.59 Å². The molecule has 1 saturated heterocycles. The van der Waals surface area contributed by atoms with E-state index in [0.717, 1.165) is 0 Å². The fraction of sp³-hybridized carbons (Fsp3) is 0.850. The van der Waals surface area contributed by atoms with Crippen molar-refractivity contribution in [1.82, 2.24) is 9.80 Å². The molecule has 2 atom stereocenters. The van der Waals surface area contributed by atoms with Gasteiger partial charge in [-0.05, 0) is 60.8 Å². The molecule has 29 heavy (non-hydrogen) atoms. The normalized spacial score (nSPS) is 19.8. The summed E-state index contributed by atoms with van der Waals surface area (Å²) >= 11 is 1.25. The van der Waals surface area contributed by atoms with Crippen LogP contribution in [0.25, 0.3) is 0 Å². The van der Waals surface area contributed by atoms with Gasteiger partial charge in [-0.3, -0.25) is 9.69 Å². The molecule has 1 N–H and O–H groups in total. The number of thioether (sulfide) groups is 1. The van der Waals surface area contributed by atoms with Gasteiger partial charge in [-0.25, -0.2) is 9.59 Å². The minimum absolute atomic E-state index is 0.0242. The molecule has 1 aliphatic heterocycles. The van der Waals surface area contributed by atoms with E-state index in [-0.39, 0.29) is 22.5 Å². The summed E-state index contributed by atoms with van der Waals surface area (Å²) in [5.41, 5.74) is -1.24. The fourth-order valence-electron chi connectivity index (χ4n) is 3.08. The van der Waals surface area contributed by atoms with Gasteiger partial charge in [0.25, 0.3) is 0 Å². The molecular weight excluding hydrogens is 396 g/mol. The van der Waals surface area contributed by atoms with E-state index in [1.54, 1.807) is 25.7 Å². The smallest absolute Gasteiger partial charge is 0.412 e. The number of amides is 2. The van der Waals surface area contributed by atoms with Gasteiger partial charge in [0.15, 0.2) is 5.12 Å². The molecule has 1 heterocycles. The Balaban J connectivity index is 2.70. The summed E-state index contributed by atoms with van der Waals surface area (Å²) in [5, 5.41) is 9.55. The molecule has 8 nitrogen and oxygen atoms in total. The molecule has 0 aliphatic carbocycles. The van der Waals surface area contributed by atoms with Crippen molar-refractivity contribution in [3.05, 3.63) is 0 Å². The molecule has 0 saturated carbocycles. The molecule has 9 heteroatoms. The van der Waals surface area contributed by atoms with Crippen molar-refractivity contribution in [3.63, 3.8) is 0 Å². The Bertz CT molecular complexity index is 585. The van der Waals surface area contributed by atoms with Gasteiger partial charge in [0, 0.05) is 31.3 Å². The predicted molar refractivity (Wildman–Crippen MR) is 113 cm³/mol. The Labute approximate surface area is 178 Å². The summed E-state index contributed by atoms with van der Waals surface area (Å²) in [7, 11) is 0. The number of aliphatic hydroxyl groups is 1.